The third-order valence-electron chi connectivity index (χ3n) is 3.50. The number of methoxy groups -OCH3 is 1. The Bertz CT molecular complexity index is 744. The van der Waals surface area contributed by atoms with E-state index in [1.54, 1.807) is 31.5 Å². The first-order valence-electron chi connectivity index (χ1n) is 8.08. The van der Waals surface area contributed by atoms with E-state index in [0.717, 1.165) is 18.4 Å². The van der Waals surface area contributed by atoms with Gasteiger partial charge in [0.1, 0.15) is 0 Å². The normalized spacial score (nSPS) is 10.6. The van der Waals surface area contributed by atoms with Crippen LogP contribution < -0.4 is 14.9 Å². The molecule has 0 spiro atoms. The van der Waals surface area contributed by atoms with Crippen LogP contribution in [-0.4, -0.2) is 31.0 Å². The van der Waals surface area contributed by atoms with Gasteiger partial charge in [0, 0.05) is 0 Å². The molecule has 0 heterocycles. The standard InChI is InChI=1S/C19H22N2O4/c1-3-4-11-25-17-10-9-14(12-18(17)24-2)13-20-21-16-8-6-5-7-15(16)19(22)23/h5-10,12-13,21H,3-4,11H2,1-2H3,(H,22,23)/b20-13+. The molecule has 0 saturated heterocycles. The minimum Gasteiger partial charge on any atom is -0.493 e. The predicted molar refractivity (Wildman–Crippen MR) is 98.0 cm³/mol. The minimum atomic E-state index is -1.01. The molecule has 0 aliphatic heterocycles. The van der Waals surface area contributed by atoms with Crippen molar-refractivity contribution in [3.63, 3.8) is 0 Å². The van der Waals surface area contributed by atoms with Crippen LogP contribution in [0.3, 0.4) is 0 Å². The number of carboxylic acid groups (broad SMARTS) is 1. The number of benzene rings is 2. The molecule has 6 heteroatoms. The van der Waals surface area contributed by atoms with Gasteiger partial charge in [0.2, 0.25) is 0 Å². The number of hydrogen-bond acceptors (Lipinski definition) is 5. The fraction of sp³-hybridized carbons (Fsp3) is 0.263. The zero-order chi connectivity index (χ0) is 18.1. The van der Waals surface area contributed by atoms with Crippen molar-refractivity contribution < 1.29 is 19.4 Å². The van der Waals surface area contributed by atoms with Crippen LogP contribution in [0.5, 0.6) is 11.5 Å². The number of rotatable bonds is 9. The number of carbonyl (C=O) groups is 1. The van der Waals surface area contributed by atoms with Crippen molar-refractivity contribution in [2.45, 2.75) is 19.8 Å². The van der Waals surface area contributed by atoms with Crippen LogP contribution in [0.15, 0.2) is 47.6 Å². The molecule has 132 valence electrons. The molecule has 0 fully saturated rings. The Balaban J connectivity index is 2.07. The van der Waals surface area contributed by atoms with E-state index < -0.39 is 5.97 Å². The van der Waals surface area contributed by atoms with E-state index in [-0.39, 0.29) is 5.56 Å². The van der Waals surface area contributed by atoms with Crippen molar-refractivity contribution in [1.82, 2.24) is 0 Å². The van der Waals surface area contributed by atoms with E-state index in [4.69, 9.17) is 14.6 Å². The van der Waals surface area contributed by atoms with Gasteiger partial charge in [0.15, 0.2) is 11.5 Å². The number of carboxylic acids is 1. The summed E-state index contributed by atoms with van der Waals surface area (Å²) in [5, 5.41) is 13.2. The first-order chi connectivity index (χ1) is 12.2. The van der Waals surface area contributed by atoms with Crippen LogP contribution in [0.4, 0.5) is 5.69 Å². The summed E-state index contributed by atoms with van der Waals surface area (Å²) in [7, 11) is 1.59. The lowest BCUT2D eigenvalue weighted by Gasteiger charge is -2.10. The van der Waals surface area contributed by atoms with Gasteiger partial charge in [0.25, 0.3) is 0 Å². The molecule has 0 aliphatic rings. The van der Waals surface area contributed by atoms with Crippen molar-refractivity contribution in [2.75, 3.05) is 19.1 Å². The summed E-state index contributed by atoms with van der Waals surface area (Å²) >= 11 is 0. The lowest BCUT2D eigenvalue weighted by molar-refractivity contribution is 0.0698. The highest BCUT2D eigenvalue weighted by Gasteiger charge is 2.08. The molecule has 0 atom stereocenters. The number of hydrogen-bond donors (Lipinski definition) is 2. The average molecular weight is 342 g/mol. The molecule has 6 nitrogen and oxygen atoms in total. The fourth-order valence-electron chi connectivity index (χ4n) is 2.15. The van der Waals surface area contributed by atoms with E-state index in [1.807, 2.05) is 18.2 Å². The van der Waals surface area contributed by atoms with Gasteiger partial charge < -0.3 is 14.6 Å². The molecule has 0 saturated carbocycles. The molecule has 0 bridgehead atoms. The molecule has 25 heavy (non-hydrogen) atoms. The molecule has 2 aromatic carbocycles. The zero-order valence-corrected chi connectivity index (χ0v) is 14.4. The number of unbranched alkanes of at least 4 members (excludes halogenated alkanes) is 1. The smallest absolute Gasteiger partial charge is 0.337 e. The van der Waals surface area contributed by atoms with Gasteiger partial charge in [-0.15, -0.1) is 0 Å². The Morgan fingerprint density at radius 3 is 2.76 bits per heavy atom. The van der Waals surface area contributed by atoms with Crippen molar-refractivity contribution in [1.29, 1.82) is 0 Å². The maximum atomic E-state index is 11.2. The van der Waals surface area contributed by atoms with E-state index in [1.165, 1.54) is 6.07 Å². The lowest BCUT2D eigenvalue weighted by atomic mass is 10.2. The zero-order valence-electron chi connectivity index (χ0n) is 14.4. The lowest BCUT2D eigenvalue weighted by Crippen LogP contribution is -2.02. The molecule has 0 unspecified atom stereocenters. The minimum absolute atomic E-state index is 0.164. The second kappa shape index (κ2) is 9.32. The topological polar surface area (TPSA) is 80.2 Å². The molecular weight excluding hydrogens is 320 g/mol. The fourth-order valence-corrected chi connectivity index (χ4v) is 2.15. The number of ether oxygens (including phenoxy) is 2. The van der Waals surface area contributed by atoms with Crippen molar-refractivity contribution in [2.24, 2.45) is 5.10 Å². The predicted octanol–water partition coefficient (Wildman–Crippen LogP) is 4.02. The van der Waals surface area contributed by atoms with Crippen molar-refractivity contribution >= 4 is 17.9 Å². The summed E-state index contributed by atoms with van der Waals surface area (Å²) in [4.78, 5) is 11.2. The third-order valence-corrected chi connectivity index (χ3v) is 3.50. The number of para-hydroxylation sites is 1. The first kappa shape index (κ1) is 18.3. The number of nitrogens with one attached hydrogen (secondary N) is 1. The van der Waals surface area contributed by atoms with Gasteiger partial charge in [0.05, 0.1) is 31.2 Å². The largest absolute Gasteiger partial charge is 0.493 e. The Hall–Kier alpha value is -3.02. The summed E-state index contributed by atoms with van der Waals surface area (Å²) < 4.78 is 11.0. The van der Waals surface area contributed by atoms with Gasteiger partial charge >= 0.3 is 5.97 Å². The molecule has 2 rings (SSSR count). The van der Waals surface area contributed by atoms with Gasteiger partial charge in [-0.05, 0) is 42.3 Å². The summed E-state index contributed by atoms with van der Waals surface area (Å²) in [5.74, 6) is 0.317. The Morgan fingerprint density at radius 2 is 2.04 bits per heavy atom. The molecule has 0 amide bonds. The highest BCUT2D eigenvalue weighted by Crippen LogP contribution is 2.27. The van der Waals surface area contributed by atoms with Gasteiger partial charge in [-0.3, -0.25) is 5.43 Å². The number of hydrazone groups is 1. The number of nitrogens with zero attached hydrogens (tertiary/aromatic N) is 1. The summed E-state index contributed by atoms with van der Waals surface area (Å²) in [5.41, 5.74) is 4.15. The van der Waals surface area contributed by atoms with Gasteiger partial charge in [-0.25, -0.2) is 4.79 Å². The first-order valence-corrected chi connectivity index (χ1v) is 8.08. The van der Waals surface area contributed by atoms with Crippen LogP contribution in [-0.2, 0) is 0 Å². The summed E-state index contributed by atoms with van der Waals surface area (Å²) in [6.07, 6.45) is 3.65. The summed E-state index contributed by atoms with van der Waals surface area (Å²) in [6.45, 7) is 2.75. The van der Waals surface area contributed by atoms with Gasteiger partial charge in [-0.1, -0.05) is 25.5 Å². The second-order valence-electron chi connectivity index (χ2n) is 5.33. The second-order valence-corrected chi connectivity index (χ2v) is 5.33. The quantitative estimate of drug-likeness (QED) is 0.409. The van der Waals surface area contributed by atoms with E-state index in [0.29, 0.717) is 23.8 Å². The Labute approximate surface area is 147 Å². The van der Waals surface area contributed by atoms with Crippen molar-refractivity contribution in [3.8, 4) is 11.5 Å². The molecule has 0 radical (unpaired) electrons. The van der Waals surface area contributed by atoms with Crippen LogP contribution in [0.2, 0.25) is 0 Å². The van der Waals surface area contributed by atoms with Gasteiger partial charge in [-0.2, -0.15) is 5.10 Å². The Morgan fingerprint density at radius 1 is 1.24 bits per heavy atom. The third kappa shape index (κ3) is 5.24. The number of aromatic carboxylic acids is 1. The van der Waals surface area contributed by atoms with Crippen LogP contribution in [0, 0.1) is 0 Å². The molecular formula is C19H22N2O4. The monoisotopic (exact) mass is 342 g/mol. The highest BCUT2D eigenvalue weighted by molar-refractivity contribution is 5.94. The molecule has 0 aliphatic carbocycles. The molecule has 0 aromatic heterocycles. The van der Waals surface area contributed by atoms with E-state index in [9.17, 15) is 4.79 Å². The Kier molecular flexibility index (Phi) is 6.83. The van der Waals surface area contributed by atoms with Crippen LogP contribution in [0.1, 0.15) is 35.7 Å². The van der Waals surface area contributed by atoms with E-state index >= 15 is 0 Å². The highest BCUT2D eigenvalue weighted by atomic mass is 16.5. The van der Waals surface area contributed by atoms with Crippen molar-refractivity contribution in [3.05, 3.63) is 53.6 Å². The molecule has 2 aromatic rings. The van der Waals surface area contributed by atoms with E-state index in [2.05, 4.69) is 17.5 Å². The number of anilines is 1. The summed E-state index contributed by atoms with van der Waals surface area (Å²) in [6, 6.07) is 12.1. The maximum Gasteiger partial charge on any atom is 0.337 e. The molecule has 2 N–H and O–H groups in total. The SMILES string of the molecule is CCCCOc1ccc(/C=N/Nc2ccccc2C(=O)O)cc1OC. The average Bonchev–Trinajstić information content (AvgIpc) is 2.63. The van der Waals surface area contributed by atoms with Crippen LogP contribution in [0.25, 0.3) is 0 Å². The van der Waals surface area contributed by atoms with Crippen LogP contribution >= 0.6 is 0 Å². The maximum absolute atomic E-state index is 11.2.